The van der Waals surface area contributed by atoms with Crippen molar-refractivity contribution in [1.82, 2.24) is 0 Å². The average Bonchev–Trinajstić information content (AvgIpc) is 2.98. The number of carboxylic acids is 2. The number of rotatable bonds is 14. The molecule has 0 aliphatic carbocycles. The smallest absolute Gasteiger partial charge is 0.419 e. The van der Waals surface area contributed by atoms with Gasteiger partial charge in [-0.05, 0) is 67.8 Å². The number of amides is 1. The highest BCUT2D eigenvalue weighted by atomic mass is 19.4. The van der Waals surface area contributed by atoms with Gasteiger partial charge >= 0.3 is 18.1 Å². The first-order valence-corrected chi connectivity index (χ1v) is 13.9. The molecule has 13 heteroatoms. The lowest BCUT2D eigenvalue weighted by Crippen LogP contribution is -2.45. The molecule has 3 N–H and O–H groups in total. The number of carboxylic acid groups (broad SMARTS) is 2. The molecule has 0 fully saturated rings. The highest BCUT2D eigenvalue weighted by molar-refractivity contribution is 6.05. The summed E-state index contributed by atoms with van der Waals surface area (Å²) in [6, 6.07) is 16.3. The number of aliphatic carboxylic acids is 2. The maximum atomic E-state index is 13.1. The van der Waals surface area contributed by atoms with Gasteiger partial charge < -0.3 is 34.6 Å². The van der Waals surface area contributed by atoms with Crippen LogP contribution in [0.3, 0.4) is 0 Å². The number of hydrogen-bond acceptors (Lipinski definition) is 7. The molecule has 0 radical (unpaired) electrons. The van der Waals surface area contributed by atoms with Crippen LogP contribution in [-0.2, 0) is 15.8 Å². The molecular weight excluding hydrogens is 585 g/mol. The number of nitrogens with zero attached hydrogens (tertiary/aromatic N) is 1. The fourth-order valence-corrected chi connectivity index (χ4v) is 4.54. The van der Waals surface area contributed by atoms with E-state index in [0.29, 0.717) is 42.8 Å². The average molecular weight is 617 g/mol. The minimum atomic E-state index is -4.49. The van der Waals surface area contributed by atoms with Gasteiger partial charge in [0.1, 0.15) is 11.5 Å². The van der Waals surface area contributed by atoms with Crippen LogP contribution in [0.1, 0.15) is 41.6 Å². The van der Waals surface area contributed by atoms with E-state index in [1.54, 1.807) is 47.4 Å². The highest BCUT2D eigenvalue weighted by Crippen LogP contribution is 2.40. The Balaban J connectivity index is 1.29. The van der Waals surface area contributed by atoms with Gasteiger partial charge in [-0.15, -0.1) is 0 Å². The summed E-state index contributed by atoms with van der Waals surface area (Å²) in [5.41, 5.74) is 0.293. The number of carbonyl (C=O) groups excluding carboxylic acids is 1. The molecule has 10 nitrogen and oxygen atoms in total. The molecular formula is C31H31F3N2O8. The number of para-hydroxylation sites is 2. The van der Waals surface area contributed by atoms with Crippen molar-refractivity contribution in [3.8, 4) is 17.2 Å². The number of anilines is 2. The number of fused-ring (bicyclic) bond motifs is 1. The maximum Gasteiger partial charge on any atom is 0.419 e. The van der Waals surface area contributed by atoms with Gasteiger partial charge in [0.25, 0.3) is 5.91 Å². The molecule has 1 heterocycles. The number of benzene rings is 3. The Kier molecular flexibility index (Phi) is 10.5. The van der Waals surface area contributed by atoms with Gasteiger partial charge in [0.15, 0.2) is 5.75 Å². The number of halogens is 3. The molecule has 0 saturated carbocycles. The molecule has 0 aromatic heterocycles. The number of hydrogen-bond donors (Lipinski definition) is 3. The molecule has 1 aliphatic heterocycles. The summed E-state index contributed by atoms with van der Waals surface area (Å²) in [6.07, 6.45) is -4.47. The van der Waals surface area contributed by atoms with E-state index in [9.17, 15) is 32.7 Å². The second-order valence-electron chi connectivity index (χ2n) is 9.92. The lowest BCUT2D eigenvalue weighted by molar-refractivity contribution is -0.145. The predicted molar refractivity (Wildman–Crippen MR) is 154 cm³/mol. The molecule has 1 unspecified atom stereocenters. The number of ether oxygens (including phenoxy) is 3. The largest absolute Gasteiger partial charge is 0.494 e. The Morgan fingerprint density at radius 1 is 0.909 bits per heavy atom. The monoisotopic (exact) mass is 616 g/mol. The van der Waals surface area contributed by atoms with Crippen LogP contribution in [0, 0.1) is 0 Å². The van der Waals surface area contributed by atoms with Crippen molar-refractivity contribution in [2.24, 2.45) is 0 Å². The van der Waals surface area contributed by atoms with Crippen molar-refractivity contribution < 1.29 is 52.0 Å². The van der Waals surface area contributed by atoms with Crippen LogP contribution in [0.25, 0.3) is 0 Å². The standard InChI is InChI=1S/C31H31F3N2O8/c32-31(33,34)22-7-1-2-10-25(22)43-18-4-3-17-42-21-14-12-20(13-15-21)29(39)35-23-8-5-9-24-28(23)44-26(30(40)41)19-36(24)16-6-11-27(37)38/h1-2,5,7-10,12-15,26H,3-4,6,11,16-19H2,(H,35,39)(H,37,38)(H,40,41). The summed E-state index contributed by atoms with van der Waals surface area (Å²) in [5.74, 6) is -2.15. The summed E-state index contributed by atoms with van der Waals surface area (Å²) in [6.45, 7) is 0.705. The normalized spacial score (nSPS) is 14.2. The van der Waals surface area contributed by atoms with E-state index in [0.717, 1.165) is 6.07 Å². The van der Waals surface area contributed by atoms with Crippen molar-refractivity contribution in [3.05, 3.63) is 77.9 Å². The van der Waals surface area contributed by atoms with Gasteiger partial charge in [0, 0.05) is 18.5 Å². The SMILES string of the molecule is O=C(O)CCCN1CC(C(=O)O)Oc2c(NC(=O)c3ccc(OCCCCOc4ccccc4C(F)(F)F)cc3)cccc21. The summed E-state index contributed by atoms with van der Waals surface area (Å²) in [5, 5.41) is 21.3. The van der Waals surface area contributed by atoms with Crippen LogP contribution >= 0.6 is 0 Å². The molecule has 0 bridgehead atoms. The van der Waals surface area contributed by atoms with Gasteiger partial charge in [0.2, 0.25) is 6.10 Å². The van der Waals surface area contributed by atoms with Gasteiger partial charge in [-0.1, -0.05) is 18.2 Å². The molecule has 4 rings (SSSR count). The van der Waals surface area contributed by atoms with Crippen molar-refractivity contribution in [2.45, 2.75) is 38.0 Å². The number of nitrogens with one attached hydrogen (secondary N) is 1. The Morgan fingerprint density at radius 3 is 2.30 bits per heavy atom. The van der Waals surface area contributed by atoms with Crippen molar-refractivity contribution in [1.29, 1.82) is 0 Å². The molecule has 0 spiro atoms. The maximum absolute atomic E-state index is 13.1. The quantitative estimate of drug-likeness (QED) is 0.195. The van der Waals surface area contributed by atoms with Gasteiger partial charge in [-0.3, -0.25) is 9.59 Å². The third kappa shape index (κ3) is 8.55. The van der Waals surface area contributed by atoms with E-state index in [4.69, 9.17) is 19.3 Å². The van der Waals surface area contributed by atoms with Crippen molar-refractivity contribution in [3.63, 3.8) is 0 Å². The molecule has 1 amide bonds. The Labute approximate surface area is 251 Å². The van der Waals surface area contributed by atoms with E-state index in [1.165, 1.54) is 18.2 Å². The first-order valence-electron chi connectivity index (χ1n) is 13.9. The van der Waals surface area contributed by atoms with Crippen LogP contribution in [-0.4, -0.2) is 60.5 Å². The summed E-state index contributed by atoms with van der Waals surface area (Å²) >= 11 is 0. The van der Waals surface area contributed by atoms with E-state index < -0.39 is 35.7 Å². The zero-order chi connectivity index (χ0) is 31.7. The predicted octanol–water partition coefficient (Wildman–Crippen LogP) is 5.71. The molecule has 1 aliphatic rings. The van der Waals surface area contributed by atoms with Crippen LogP contribution in [0.4, 0.5) is 24.5 Å². The second kappa shape index (κ2) is 14.5. The first kappa shape index (κ1) is 32.0. The van der Waals surface area contributed by atoms with E-state index in [2.05, 4.69) is 5.32 Å². The van der Waals surface area contributed by atoms with Gasteiger partial charge in [0.05, 0.1) is 36.7 Å². The zero-order valence-corrected chi connectivity index (χ0v) is 23.5. The number of carbonyl (C=O) groups is 3. The molecule has 234 valence electrons. The Morgan fingerprint density at radius 2 is 1.61 bits per heavy atom. The summed E-state index contributed by atoms with van der Waals surface area (Å²) in [4.78, 5) is 37.4. The fraction of sp³-hybridized carbons (Fsp3) is 0.323. The van der Waals surface area contributed by atoms with Crippen LogP contribution in [0.5, 0.6) is 17.2 Å². The Hall–Kier alpha value is -4.94. The Bertz CT molecular complexity index is 1460. The number of alkyl halides is 3. The molecule has 3 aromatic rings. The topological polar surface area (TPSA) is 135 Å². The van der Waals surface area contributed by atoms with E-state index >= 15 is 0 Å². The molecule has 3 aromatic carbocycles. The van der Waals surface area contributed by atoms with Crippen LogP contribution in [0.15, 0.2) is 66.7 Å². The summed E-state index contributed by atoms with van der Waals surface area (Å²) < 4.78 is 55.9. The lowest BCUT2D eigenvalue weighted by Gasteiger charge is -2.35. The third-order valence-corrected chi connectivity index (χ3v) is 6.70. The van der Waals surface area contributed by atoms with Crippen molar-refractivity contribution >= 4 is 29.2 Å². The molecule has 0 saturated heterocycles. The van der Waals surface area contributed by atoms with Gasteiger partial charge in [-0.25, -0.2) is 4.79 Å². The molecule has 1 atom stereocenters. The second-order valence-corrected chi connectivity index (χ2v) is 9.92. The van der Waals surface area contributed by atoms with Crippen LogP contribution < -0.4 is 24.4 Å². The summed E-state index contributed by atoms with van der Waals surface area (Å²) in [7, 11) is 0. The van der Waals surface area contributed by atoms with Gasteiger partial charge in [-0.2, -0.15) is 13.2 Å². The van der Waals surface area contributed by atoms with E-state index in [1.807, 2.05) is 0 Å². The fourth-order valence-electron chi connectivity index (χ4n) is 4.54. The third-order valence-electron chi connectivity index (χ3n) is 6.70. The number of unbranched alkanes of at least 4 members (excludes halogenated alkanes) is 1. The lowest BCUT2D eigenvalue weighted by atomic mass is 10.1. The first-order chi connectivity index (χ1) is 21.0. The minimum absolute atomic E-state index is 0.0276. The zero-order valence-electron chi connectivity index (χ0n) is 23.5. The highest BCUT2D eigenvalue weighted by Gasteiger charge is 2.34. The van der Waals surface area contributed by atoms with Crippen molar-refractivity contribution in [2.75, 3.05) is 36.5 Å². The molecule has 44 heavy (non-hydrogen) atoms. The minimum Gasteiger partial charge on any atom is -0.494 e. The van der Waals surface area contributed by atoms with E-state index in [-0.39, 0.29) is 43.4 Å². The van der Waals surface area contributed by atoms with Crippen LogP contribution in [0.2, 0.25) is 0 Å².